The van der Waals surface area contributed by atoms with Crippen molar-refractivity contribution < 1.29 is 26.4 Å². The highest BCUT2D eigenvalue weighted by Crippen LogP contribution is 2.32. The molecule has 0 radical (unpaired) electrons. The van der Waals surface area contributed by atoms with Gasteiger partial charge in [0.1, 0.15) is 0 Å². The number of aryl methyl sites for hydroxylation is 1. The molecular weight excluding hydrogens is 467 g/mol. The molecule has 184 valence electrons. The Morgan fingerprint density at radius 3 is 2.21 bits per heavy atom. The number of benzene rings is 2. The van der Waals surface area contributed by atoms with E-state index in [9.17, 15) is 26.4 Å². The molecule has 2 aromatic rings. The Kier molecular flexibility index (Phi) is 6.91. The van der Waals surface area contributed by atoms with Crippen molar-refractivity contribution in [1.29, 1.82) is 0 Å². The van der Waals surface area contributed by atoms with Gasteiger partial charge in [-0.1, -0.05) is 12.1 Å². The lowest BCUT2D eigenvalue weighted by molar-refractivity contribution is -0.137. The number of carbonyl (C=O) groups is 1. The van der Waals surface area contributed by atoms with Crippen LogP contribution in [0.2, 0.25) is 0 Å². The van der Waals surface area contributed by atoms with Crippen molar-refractivity contribution in [3.8, 4) is 0 Å². The molecule has 10 heteroatoms. The van der Waals surface area contributed by atoms with Gasteiger partial charge in [0.15, 0.2) is 0 Å². The Bertz CT molecular complexity index is 1150. The van der Waals surface area contributed by atoms with Gasteiger partial charge in [-0.2, -0.15) is 17.5 Å². The molecule has 0 spiro atoms. The Morgan fingerprint density at radius 2 is 1.56 bits per heavy atom. The molecule has 4 rings (SSSR count). The molecule has 2 fully saturated rings. The zero-order valence-corrected chi connectivity index (χ0v) is 19.8. The molecule has 2 aliphatic heterocycles. The molecule has 0 aromatic heterocycles. The van der Waals surface area contributed by atoms with E-state index in [1.54, 1.807) is 28.9 Å². The summed E-state index contributed by atoms with van der Waals surface area (Å²) in [5, 5.41) is 0. The first-order valence-corrected chi connectivity index (χ1v) is 12.8. The fraction of sp³-hybridized carbons (Fsp3) is 0.458. The van der Waals surface area contributed by atoms with Crippen LogP contribution in [-0.4, -0.2) is 62.8 Å². The third-order valence-electron chi connectivity index (χ3n) is 6.50. The van der Waals surface area contributed by atoms with Crippen molar-refractivity contribution in [2.45, 2.75) is 37.3 Å². The molecular formula is C24H28F3N3O3S. The summed E-state index contributed by atoms with van der Waals surface area (Å²) < 4.78 is 67.1. The first-order valence-electron chi connectivity index (χ1n) is 11.4. The van der Waals surface area contributed by atoms with Crippen LogP contribution in [0.1, 0.15) is 40.7 Å². The van der Waals surface area contributed by atoms with Gasteiger partial charge in [0.05, 0.1) is 10.5 Å². The molecule has 6 nitrogen and oxygen atoms in total. The van der Waals surface area contributed by atoms with Crippen LogP contribution in [0.4, 0.5) is 18.9 Å². The van der Waals surface area contributed by atoms with Crippen molar-refractivity contribution in [2.75, 3.05) is 44.2 Å². The Hall–Kier alpha value is -2.59. The van der Waals surface area contributed by atoms with Gasteiger partial charge in [-0.15, -0.1) is 0 Å². The molecule has 2 heterocycles. The van der Waals surface area contributed by atoms with E-state index in [0.29, 0.717) is 24.3 Å². The zero-order valence-electron chi connectivity index (χ0n) is 19.0. The molecule has 0 saturated carbocycles. The molecule has 1 amide bonds. The molecule has 34 heavy (non-hydrogen) atoms. The number of piperazine rings is 1. The van der Waals surface area contributed by atoms with E-state index in [4.69, 9.17) is 0 Å². The first kappa shape index (κ1) is 24.5. The Labute approximate surface area is 198 Å². The maximum absolute atomic E-state index is 13.3. The largest absolute Gasteiger partial charge is 0.416 e. The van der Waals surface area contributed by atoms with Crippen LogP contribution in [0.3, 0.4) is 0 Å². The van der Waals surface area contributed by atoms with Gasteiger partial charge in [-0.05, 0) is 62.1 Å². The number of anilines is 1. The van der Waals surface area contributed by atoms with Crippen LogP contribution in [0, 0.1) is 6.92 Å². The Balaban J connectivity index is 1.49. The number of hydrogen-bond donors (Lipinski definition) is 0. The standard InChI is InChI=1S/C24H28F3N3O3S/c1-18-8-9-21(17-22(18)23(31)29-10-3-2-4-11-29)34(32,33)30-14-12-28(13-15-30)20-7-5-6-19(16-20)24(25,26)27/h5-9,16-17H,2-4,10-15H2,1H3. The summed E-state index contributed by atoms with van der Waals surface area (Å²) in [6, 6.07) is 9.68. The van der Waals surface area contributed by atoms with Crippen molar-refractivity contribution in [1.82, 2.24) is 9.21 Å². The number of nitrogens with zero attached hydrogens (tertiary/aromatic N) is 3. The molecule has 2 saturated heterocycles. The topological polar surface area (TPSA) is 60.9 Å². The molecule has 0 bridgehead atoms. The fourth-order valence-electron chi connectivity index (χ4n) is 4.47. The number of piperidine rings is 1. The van der Waals surface area contributed by atoms with Gasteiger partial charge in [-0.3, -0.25) is 4.79 Å². The second kappa shape index (κ2) is 9.58. The lowest BCUT2D eigenvalue weighted by Gasteiger charge is -2.35. The first-order chi connectivity index (χ1) is 16.1. The van der Waals surface area contributed by atoms with Crippen molar-refractivity contribution >= 4 is 21.6 Å². The van der Waals surface area contributed by atoms with Gasteiger partial charge in [0.2, 0.25) is 10.0 Å². The fourth-order valence-corrected chi connectivity index (χ4v) is 5.92. The predicted molar refractivity (Wildman–Crippen MR) is 123 cm³/mol. The monoisotopic (exact) mass is 495 g/mol. The molecule has 0 unspecified atom stereocenters. The van der Waals surface area contributed by atoms with Crippen LogP contribution in [0.25, 0.3) is 0 Å². The minimum atomic E-state index is -4.43. The molecule has 2 aliphatic rings. The van der Waals surface area contributed by atoms with E-state index in [2.05, 4.69) is 0 Å². The highest BCUT2D eigenvalue weighted by atomic mass is 32.2. The van der Waals surface area contributed by atoms with E-state index in [0.717, 1.165) is 37.0 Å². The van der Waals surface area contributed by atoms with E-state index in [1.807, 2.05) is 0 Å². The van der Waals surface area contributed by atoms with E-state index < -0.39 is 21.8 Å². The third-order valence-corrected chi connectivity index (χ3v) is 8.39. The number of likely N-dealkylation sites (tertiary alicyclic amines) is 1. The lowest BCUT2D eigenvalue weighted by atomic mass is 10.1. The van der Waals surface area contributed by atoms with Crippen LogP contribution in [0.5, 0.6) is 0 Å². The summed E-state index contributed by atoms with van der Waals surface area (Å²) in [5.74, 6) is -0.149. The minimum Gasteiger partial charge on any atom is -0.369 e. The van der Waals surface area contributed by atoms with Gasteiger partial charge in [-0.25, -0.2) is 8.42 Å². The van der Waals surface area contributed by atoms with Crippen molar-refractivity contribution in [3.63, 3.8) is 0 Å². The minimum absolute atomic E-state index is 0.0611. The van der Waals surface area contributed by atoms with Gasteiger partial charge in [0.25, 0.3) is 5.91 Å². The highest BCUT2D eigenvalue weighted by molar-refractivity contribution is 7.89. The summed E-state index contributed by atoms with van der Waals surface area (Å²) in [6.07, 6.45) is -1.46. The third kappa shape index (κ3) is 5.07. The Morgan fingerprint density at radius 1 is 0.882 bits per heavy atom. The van der Waals surface area contributed by atoms with E-state index in [-0.39, 0.29) is 37.0 Å². The van der Waals surface area contributed by atoms with Gasteiger partial charge in [0, 0.05) is 50.5 Å². The average Bonchev–Trinajstić information content (AvgIpc) is 2.84. The average molecular weight is 496 g/mol. The quantitative estimate of drug-likeness (QED) is 0.640. The van der Waals surface area contributed by atoms with Crippen molar-refractivity contribution in [2.24, 2.45) is 0 Å². The lowest BCUT2D eigenvalue weighted by Crippen LogP contribution is -2.48. The summed E-state index contributed by atoms with van der Waals surface area (Å²) >= 11 is 0. The number of amides is 1. The summed E-state index contributed by atoms with van der Waals surface area (Å²) in [4.78, 5) is 16.6. The summed E-state index contributed by atoms with van der Waals surface area (Å²) in [6.45, 7) is 3.96. The highest BCUT2D eigenvalue weighted by Gasteiger charge is 2.33. The number of hydrogen-bond acceptors (Lipinski definition) is 4. The maximum atomic E-state index is 13.3. The second-order valence-electron chi connectivity index (χ2n) is 8.77. The van der Waals surface area contributed by atoms with Gasteiger partial charge < -0.3 is 9.80 Å². The second-order valence-corrected chi connectivity index (χ2v) is 10.7. The number of alkyl halides is 3. The smallest absolute Gasteiger partial charge is 0.369 e. The van der Waals surface area contributed by atoms with E-state index in [1.165, 1.54) is 22.5 Å². The van der Waals surface area contributed by atoms with Crippen LogP contribution in [0.15, 0.2) is 47.4 Å². The number of rotatable bonds is 4. The van der Waals surface area contributed by atoms with E-state index >= 15 is 0 Å². The summed E-state index contributed by atoms with van der Waals surface area (Å²) in [5.41, 5.74) is 0.802. The SMILES string of the molecule is Cc1ccc(S(=O)(=O)N2CCN(c3cccc(C(F)(F)F)c3)CC2)cc1C(=O)N1CCCCC1. The normalized spacial score (nSPS) is 18.2. The molecule has 0 N–H and O–H groups in total. The van der Waals surface area contributed by atoms with Crippen LogP contribution < -0.4 is 4.90 Å². The zero-order chi connectivity index (χ0) is 24.5. The molecule has 2 aromatic carbocycles. The van der Waals surface area contributed by atoms with Crippen molar-refractivity contribution in [3.05, 3.63) is 59.2 Å². The maximum Gasteiger partial charge on any atom is 0.416 e. The number of sulfonamides is 1. The number of carbonyl (C=O) groups excluding carboxylic acids is 1. The van der Waals surface area contributed by atoms with Gasteiger partial charge >= 0.3 is 6.18 Å². The summed E-state index contributed by atoms with van der Waals surface area (Å²) in [7, 11) is -3.85. The molecule has 0 aliphatic carbocycles. The van der Waals surface area contributed by atoms with Crippen LogP contribution >= 0.6 is 0 Å². The number of halogens is 3. The predicted octanol–water partition coefficient (Wildman–Crippen LogP) is 4.15. The van der Waals surface area contributed by atoms with Crippen LogP contribution in [-0.2, 0) is 16.2 Å². The molecule has 0 atom stereocenters.